The SMILES string of the molecule is COC(=O)C1=C(Nc2ccc(Oc3ccc(C)c(C)c3)c(Cl)c2)C(=O)N(CCO)C1. The number of aliphatic hydroxyl groups excluding tert-OH is 1. The van der Waals surface area contributed by atoms with E-state index in [0.29, 0.717) is 22.2 Å². The average Bonchev–Trinajstić information content (AvgIpc) is 3.02. The van der Waals surface area contributed by atoms with Crippen molar-refractivity contribution in [3.05, 3.63) is 63.8 Å². The zero-order chi connectivity index (χ0) is 21.8. The molecule has 0 aromatic heterocycles. The van der Waals surface area contributed by atoms with Gasteiger partial charge in [-0.2, -0.15) is 0 Å². The summed E-state index contributed by atoms with van der Waals surface area (Å²) in [7, 11) is 1.25. The first kappa shape index (κ1) is 21.7. The Morgan fingerprint density at radius 3 is 2.60 bits per heavy atom. The lowest BCUT2D eigenvalue weighted by Gasteiger charge is -2.15. The molecule has 0 radical (unpaired) electrons. The number of hydrogen-bond acceptors (Lipinski definition) is 6. The summed E-state index contributed by atoms with van der Waals surface area (Å²) in [6.45, 7) is 4.01. The molecule has 0 spiro atoms. The highest BCUT2D eigenvalue weighted by molar-refractivity contribution is 6.32. The molecule has 0 fully saturated rings. The Kier molecular flexibility index (Phi) is 6.64. The molecule has 7 nitrogen and oxygen atoms in total. The summed E-state index contributed by atoms with van der Waals surface area (Å²) in [6, 6.07) is 10.8. The van der Waals surface area contributed by atoms with Gasteiger partial charge in [0.15, 0.2) is 0 Å². The van der Waals surface area contributed by atoms with Gasteiger partial charge in [0.25, 0.3) is 5.91 Å². The predicted octanol–water partition coefficient (Wildman–Crippen LogP) is 3.42. The number of β-amino-alcohol motifs (C(OH)–C–C–N with tert-alkyl or cyclic N) is 1. The lowest BCUT2D eigenvalue weighted by atomic mass is 10.1. The number of esters is 1. The molecular formula is C22H23ClN2O5. The van der Waals surface area contributed by atoms with Gasteiger partial charge < -0.3 is 24.8 Å². The van der Waals surface area contributed by atoms with Crippen LogP contribution < -0.4 is 10.1 Å². The van der Waals surface area contributed by atoms with Crippen LogP contribution in [0.5, 0.6) is 11.5 Å². The number of rotatable bonds is 7. The maximum absolute atomic E-state index is 12.6. The molecule has 0 atom stereocenters. The van der Waals surface area contributed by atoms with Gasteiger partial charge in [-0.1, -0.05) is 17.7 Å². The van der Waals surface area contributed by atoms with Crippen LogP contribution in [0.25, 0.3) is 0 Å². The van der Waals surface area contributed by atoms with Crippen molar-refractivity contribution in [3.8, 4) is 11.5 Å². The zero-order valence-electron chi connectivity index (χ0n) is 17.0. The fraction of sp³-hybridized carbons (Fsp3) is 0.273. The van der Waals surface area contributed by atoms with Gasteiger partial charge in [-0.3, -0.25) is 4.79 Å². The summed E-state index contributed by atoms with van der Waals surface area (Å²) in [6.07, 6.45) is 0. The van der Waals surface area contributed by atoms with Gasteiger partial charge >= 0.3 is 5.97 Å². The minimum atomic E-state index is -0.605. The lowest BCUT2D eigenvalue weighted by Crippen LogP contribution is -2.31. The number of ether oxygens (including phenoxy) is 2. The second-order valence-corrected chi connectivity index (χ2v) is 7.32. The summed E-state index contributed by atoms with van der Waals surface area (Å²) < 4.78 is 10.6. The molecule has 1 aliphatic heterocycles. The van der Waals surface area contributed by atoms with Gasteiger partial charge in [0, 0.05) is 12.2 Å². The highest BCUT2D eigenvalue weighted by atomic mass is 35.5. The molecule has 30 heavy (non-hydrogen) atoms. The fourth-order valence-corrected chi connectivity index (χ4v) is 3.28. The number of benzene rings is 2. The minimum absolute atomic E-state index is 0.0656. The van der Waals surface area contributed by atoms with Crippen molar-refractivity contribution < 1.29 is 24.2 Å². The Balaban J connectivity index is 1.82. The number of methoxy groups -OCH3 is 1. The highest BCUT2D eigenvalue weighted by Gasteiger charge is 2.34. The van der Waals surface area contributed by atoms with E-state index in [2.05, 4.69) is 5.32 Å². The zero-order valence-corrected chi connectivity index (χ0v) is 17.7. The number of aliphatic hydroxyl groups is 1. The number of halogens is 1. The average molecular weight is 431 g/mol. The number of amides is 1. The molecule has 1 aliphatic rings. The summed E-state index contributed by atoms with van der Waals surface area (Å²) in [5.74, 6) is 0.136. The van der Waals surface area contributed by atoms with Crippen LogP contribution in [-0.2, 0) is 14.3 Å². The van der Waals surface area contributed by atoms with Crippen LogP contribution in [0.15, 0.2) is 47.7 Å². The number of nitrogens with zero attached hydrogens (tertiary/aromatic N) is 1. The molecule has 3 rings (SSSR count). The first-order chi connectivity index (χ1) is 14.3. The van der Waals surface area contributed by atoms with Crippen LogP contribution >= 0.6 is 11.6 Å². The summed E-state index contributed by atoms with van der Waals surface area (Å²) in [5.41, 5.74) is 3.09. The molecular weight excluding hydrogens is 408 g/mol. The van der Waals surface area contributed by atoms with Crippen LogP contribution in [-0.4, -0.2) is 48.7 Å². The molecule has 0 saturated carbocycles. The molecule has 1 heterocycles. The number of anilines is 1. The molecule has 2 aromatic carbocycles. The van der Waals surface area contributed by atoms with E-state index in [4.69, 9.17) is 26.2 Å². The first-order valence-corrected chi connectivity index (χ1v) is 9.75. The number of carbonyl (C=O) groups is 2. The second kappa shape index (κ2) is 9.19. The molecule has 8 heteroatoms. The molecule has 1 amide bonds. The largest absolute Gasteiger partial charge is 0.466 e. The van der Waals surface area contributed by atoms with E-state index in [-0.39, 0.29) is 31.0 Å². The van der Waals surface area contributed by atoms with Gasteiger partial charge in [-0.05, 0) is 55.3 Å². The summed E-state index contributed by atoms with van der Waals surface area (Å²) in [4.78, 5) is 26.1. The Bertz CT molecular complexity index is 1020. The molecule has 0 unspecified atom stereocenters. The van der Waals surface area contributed by atoms with E-state index >= 15 is 0 Å². The van der Waals surface area contributed by atoms with E-state index < -0.39 is 11.9 Å². The fourth-order valence-electron chi connectivity index (χ4n) is 3.06. The number of hydrogen-bond donors (Lipinski definition) is 2. The van der Waals surface area contributed by atoms with Crippen molar-refractivity contribution in [2.24, 2.45) is 0 Å². The Labute approximate surface area is 179 Å². The third-order valence-corrected chi connectivity index (χ3v) is 5.16. The van der Waals surface area contributed by atoms with Crippen LogP contribution in [0.3, 0.4) is 0 Å². The van der Waals surface area contributed by atoms with Crippen LogP contribution in [0.1, 0.15) is 11.1 Å². The third kappa shape index (κ3) is 4.58. The van der Waals surface area contributed by atoms with Crippen molar-refractivity contribution in [1.82, 2.24) is 4.90 Å². The number of carbonyl (C=O) groups excluding carboxylic acids is 2. The van der Waals surface area contributed by atoms with Crippen LogP contribution in [0, 0.1) is 13.8 Å². The summed E-state index contributed by atoms with van der Waals surface area (Å²) in [5, 5.41) is 12.4. The second-order valence-electron chi connectivity index (χ2n) is 6.91. The van der Waals surface area contributed by atoms with Crippen LogP contribution in [0.2, 0.25) is 5.02 Å². The van der Waals surface area contributed by atoms with Gasteiger partial charge in [0.1, 0.15) is 17.2 Å². The maximum atomic E-state index is 12.6. The predicted molar refractivity (Wildman–Crippen MR) is 114 cm³/mol. The van der Waals surface area contributed by atoms with Gasteiger partial charge in [-0.15, -0.1) is 0 Å². The van der Waals surface area contributed by atoms with Crippen LogP contribution in [0.4, 0.5) is 5.69 Å². The standard InChI is InChI=1S/C22H23ClN2O5/c1-13-4-6-16(10-14(13)2)30-19-7-5-15(11-18(19)23)24-20-17(22(28)29-3)12-25(8-9-26)21(20)27/h4-7,10-11,24,26H,8-9,12H2,1-3H3. The molecule has 2 N–H and O–H groups in total. The minimum Gasteiger partial charge on any atom is -0.466 e. The summed E-state index contributed by atoms with van der Waals surface area (Å²) >= 11 is 6.38. The molecule has 0 bridgehead atoms. The van der Waals surface area contributed by atoms with Gasteiger partial charge in [-0.25, -0.2) is 4.79 Å². The molecule has 0 saturated heterocycles. The van der Waals surface area contributed by atoms with Crippen molar-refractivity contribution in [3.63, 3.8) is 0 Å². The number of aryl methyl sites for hydroxylation is 2. The third-order valence-electron chi connectivity index (χ3n) is 4.86. The number of nitrogens with one attached hydrogen (secondary N) is 1. The Morgan fingerprint density at radius 2 is 1.97 bits per heavy atom. The van der Waals surface area contributed by atoms with Gasteiger partial charge in [0.2, 0.25) is 0 Å². The Morgan fingerprint density at radius 1 is 1.20 bits per heavy atom. The van der Waals surface area contributed by atoms with E-state index in [9.17, 15) is 9.59 Å². The highest BCUT2D eigenvalue weighted by Crippen LogP contribution is 2.33. The van der Waals surface area contributed by atoms with E-state index in [1.54, 1.807) is 18.2 Å². The van der Waals surface area contributed by atoms with Crippen molar-refractivity contribution >= 4 is 29.2 Å². The Hall–Kier alpha value is -3.03. The smallest absolute Gasteiger partial charge is 0.337 e. The lowest BCUT2D eigenvalue weighted by molar-refractivity contribution is -0.136. The van der Waals surface area contributed by atoms with Gasteiger partial charge in [0.05, 0.1) is 30.9 Å². The maximum Gasteiger partial charge on any atom is 0.337 e. The normalized spacial score (nSPS) is 13.6. The van der Waals surface area contributed by atoms with Crippen molar-refractivity contribution in [2.45, 2.75) is 13.8 Å². The van der Waals surface area contributed by atoms with E-state index in [1.165, 1.54) is 17.6 Å². The topological polar surface area (TPSA) is 88.1 Å². The molecule has 0 aliphatic carbocycles. The van der Waals surface area contributed by atoms with E-state index in [1.807, 2.05) is 32.0 Å². The first-order valence-electron chi connectivity index (χ1n) is 9.37. The molecule has 2 aromatic rings. The quantitative estimate of drug-likeness (QED) is 0.654. The molecule has 158 valence electrons. The van der Waals surface area contributed by atoms with Crippen molar-refractivity contribution in [1.29, 1.82) is 0 Å². The van der Waals surface area contributed by atoms with E-state index in [0.717, 1.165) is 5.56 Å². The van der Waals surface area contributed by atoms with Crippen molar-refractivity contribution in [2.75, 3.05) is 32.1 Å². The monoisotopic (exact) mass is 430 g/mol.